The summed E-state index contributed by atoms with van der Waals surface area (Å²) in [6, 6.07) is 6.15. The summed E-state index contributed by atoms with van der Waals surface area (Å²) >= 11 is 1.35. The van der Waals surface area contributed by atoms with Crippen molar-refractivity contribution in [2.24, 2.45) is 11.8 Å². The van der Waals surface area contributed by atoms with Gasteiger partial charge in [0, 0.05) is 10.9 Å². The van der Waals surface area contributed by atoms with E-state index in [0.717, 1.165) is 16.8 Å². The lowest BCUT2D eigenvalue weighted by Crippen LogP contribution is -2.34. The van der Waals surface area contributed by atoms with Gasteiger partial charge in [0.15, 0.2) is 5.13 Å². The van der Waals surface area contributed by atoms with Gasteiger partial charge in [-0.15, -0.1) is 11.3 Å². The number of thiazole rings is 1. The molecule has 2 atom stereocenters. The molecule has 1 heterocycles. The van der Waals surface area contributed by atoms with E-state index < -0.39 is 17.8 Å². The summed E-state index contributed by atoms with van der Waals surface area (Å²) in [7, 11) is 0. The lowest BCUT2D eigenvalue weighted by Gasteiger charge is -2.23. The molecule has 0 radical (unpaired) electrons. The van der Waals surface area contributed by atoms with Crippen molar-refractivity contribution in [2.45, 2.75) is 26.7 Å². The maximum atomic E-state index is 12.5. The second-order valence-corrected chi connectivity index (χ2v) is 7.20. The first-order valence-electron chi connectivity index (χ1n) is 8.17. The number of anilines is 1. The maximum absolute atomic E-state index is 12.5. The Morgan fingerprint density at radius 3 is 2.60 bits per heavy atom. The highest BCUT2D eigenvalue weighted by Crippen LogP contribution is 2.30. The summed E-state index contributed by atoms with van der Waals surface area (Å²) in [5, 5.41) is 14.5. The summed E-state index contributed by atoms with van der Waals surface area (Å²) in [6.45, 7) is 4.08. The molecule has 3 rings (SSSR count). The van der Waals surface area contributed by atoms with Crippen molar-refractivity contribution in [2.75, 3.05) is 5.32 Å². The third-order valence-corrected chi connectivity index (χ3v) is 5.24. The Morgan fingerprint density at radius 2 is 1.92 bits per heavy atom. The summed E-state index contributed by atoms with van der Waals surface area (Å²) in [6.07, 6.45) is 4.52. The Balaban J connectivity index is 1.76. The first kappa shape index (κ1) is 17.4. The molecular weight excluding hydrogens is 336 g/mol. The predicted octanol–water partition coefficient (Wildman–Crippen LogP) is 4.03. The van der Waals surface area contributed by atoms with Crippen LogP contribution in [0, 0.1) is 25.7 Å². The van der Waals surface area contributed by atoms with Gasteiger partial charge in [-0.1, -0.05) is 35.9 Å². The fourth-order valence-corrected chi connectivity index (χ4v) is 3.84. The van der Waals surface area contributed by atoms with Crippen molar-refractivity contribution in [3.63, 3.8) is 0 Å². The molecule has 0 saturated heterocycles. The molecule has 5 nitrogen and oxygen atoms in total. The molecule has 25 heavy (non-hydrogen) atoms. The van der Waals surface area contributed by atoms with Crippen LogP contribution in [0.5, 0.6) is 0 Å². The zero-order chi connectivity index (χ0) is 18.0. The highest BCUT2D eigenvalue weighted by molar-refractivity contribution is 7.14. The van der Waals surface area contributed by atoms with Crippen molar-refractivity contribution in [3.8, 4) is 11.3 Å². The van der Waals surface area contributed by atoms with Gasteiger partial charge in [0.05, 0.1) is 17.5 Å². The number of carboxylic acid groups (broad SMARTS) is 1. The molecular formula is C19H20N2O3S. The van der Waals surface area contributed by atoms with Gasteiger partial charge in [-0.2, -0.15) is 0 Å². The van der Waals surface area contributed by atoms with Gasteiger partial charge in [0.25, 0.3) is 0 Å². The quantitative estimate of drug-likeness (QED) is 0.811. The topological polar surface area (TPSA) is 79.3 Å². The van der Waals surface area contributed by atoms with Crippen molar-refractivity contribution in [1.29, 1.82) is 0 Å². The van der Waals surface area contributed by atoms with Crippen LogP contribution >= 0.6 is 11.3 Å². The minimum Gasteiger partial charge on any atom is -0.481 e. The Kier molecular flexibility index (Phi) is 4.99. The standard InChI is InChI=1S/C19H20N2O3S/c1-11-7-8-13(12(2)9-11)16-10-25-19(20-16)21-17(22)14-5-3-4-6-15(14)18(23)24/h3-4,7-10,14-15H,5-6H2,1-2H3,(H,23,24)(H,20,21,22)/t14-,15-/m0/s1. The van der Waals surface area contributed by atoms with Crippen molar-refractivity contribution < 1.29 is 14.7 Å². The Labute approximate surface area is 150 Å². The summed E-state index contributed by atoms with van der Waals surface area (Å²) in [4.78, 5) is 28.3. The molecule has 130 valence electrons. The molecule has 0 fully saturated rings. The summed E-state index contributed by atoms with van der Waals surface area (Å²) in [5.74, 6) is -2.45. The average Bonchev–Trinajstić information content (AvgIpc) is 3.02. The number of aliphatic carboxylic acids is 1. The van der Waals surface area contributed by atoms with Gasteiger partial charge >= 0.3 is 5.97 Å². The zero-order valence-electron chi connectivity index (χ0n) is 14.2. The normalized spacial score (nSPS) is 19.6. The van der Waals surface area contributed by atoms with Crippen LogP contribution in [-0.4, -0.2) is 22.0 Å². The fourth-order valence-electron chi connectivity index (χ4n) is 3.13. The second-order valence-electron chi connectivity index (χ2n) is 6.34. The molecule has 0 unspecified atom stereocenters. The van der Waals surface area contributed by atoms with Crippen LogP contribution in [0.2, 0.25) is 0 Å². The summed E-state index contributed by atoms with van der Waals surface area (Å²) in [5.41, 5.74) is 4.17. The van der Waals surface area contributed by atoms with E-state index in [1.54, 1.807) is 0 Å². The van der Waals surface area contributed by atoms with E-state index in [2.05, 4.69) is 16.4 Å². The molecule has 1 aromatic heterocycles. The van der Waals surface area contributed by atoms with Gasteiger partial charge in [0.1, 0.15) is 0 Å². The first-order chi connectivity index (χ1) is 12.0. The SMILES string of the molecule is Cc1ccc(-c2csc(NC(=O)[C@H]3CC=CC[C@@H]3C(=O)O)n2)c(C)c1. The van der Waals surface area contributed by atoms with E-state index in [1.165, 1.54) is 16.9 Å². The minimum atomic E-state index is -0.931. The van der Waals surface area contributed by atoms with Crippen LogP contribution in [0.4, 0.5) is 5.13 Å². The van der Waals surface area contributed by atoms with Crippen LogP contribution in [0.15, 0.2) is 35.7 Å². The monoisotopic (exact) mass is 356 g/mol. The number of carbonyl (C=O) groups is 2. The molecule has 0 bridgehead atoms. The third-order valence-electron chi connectivity index (χ3n) is 4.48. The van der Waals surface area contributed by atoms with Crippen LogP contribution < -0.4 is 5.32 Å². The van der Waals surface area contributed by atoms with E-state index in [1.807, 2.05) is 43.5 Å². The Hall–Kier alpha value is -2.47. The lowest BCUT2D eigenvalue weighted by molar-refractivity contribution is -0.146. The molecule has 6 heteroatoms. The van der Waals surface area contributed by atoms with E-state index >= 15 is 0 Å². The lowest BCUT2D eigenvalue weighted by atomic mass is 9.82. The van der Waals surface area contributed by atoms with E-state index in [0.29, 0.717) is 18.0 Å². The molecule has 0 saturated carbocycles. The second kappa shape index (κ2) is 7.19. The van der Waals surface area contributed by atoms with Gasteiger partial charge in [-0.25, -0.2) is 4.98 Å². The number of amides is 1. The van der Waals surface area contributed by atoms with Gasteiger partial charge in [-0.05, 0) is 32.3 Å². The zero-order valence-corrected chi connectivity index (χ0v) is 15.0. The molecule has 0 spiro atoms. The van der Waals surface area contributed by atoms with E-state index in [4.69, 9.17) is 0 Å². The molecule has 1 amide bonds. The number of rotatable bonds is 4. The molecule has 2 N–H and O–H groups in total. The maximum Gasteiger partial charge on any atom is 0.307 e. The Morgan fingerprint density at radius 1 is 1.20 bits per heavy atom. The van der Waals surface area contributed by atoms with Crippen LogP contribution in [0.3, 0.4) is 0 Å². The largest absolute Gasteiger partial charge is 0.481 e. The number of allylic oxidation sites excluding steroid dienone is 2. The smallest absolute Gasteiger partial charge is 0.307 e. The van der Waals surface area contributed by atoms with Crippen LogP contribution in [0.1, 0.15) is 24.0 Å². The predicted molar refractivity (Wildman–Crippen MR) is 98.6 cm³/mol. The first-order valence-corrected chi connectivity index (χ1v) is 9.05. The number of nitrogens with zero attached hydrogens (tertiary/aromatic N) is 1. The number of nitrogens with one attached hydrogen (secondary N) is 1. The molecule has 0 aliphatic heterocycles. The molecule has 1 aromatic carbocycles. The van der Waals surface area contributed by atoms with Gasteiger partial charge in [0.2, 0.25) is 5.91 Å². The van der Waals surface area contributed by atoms with Crippen molar-refractivity contribution >= 4 is 28.3 Å². The molecule has 2 aromatic rings. The fraction of sp³-hybridized carbons (Fsp3) is 0.316. The number of carbonyl (C=O) groups excluding carboxylic acids is 1. The number of hydrogen-bond donors (Lipinski definition) is 2. The highest BCUT2D eigenvalue weighted by atomic mass is 32.1. The number of aromatic nitrogens is 1. The highest BCUT2D eigenvalue weighted by Gasteiger charge is 2.34. The minimum absolute atomic E-state index is 0.279. The number of carboxylic acids is 1. The molecule has 1 aliphatic carbocycles. The van der Waals surface area contributed by atoms with Crippen molar-refractivity contribution in [1.82, 2.24) is 4.98 Å². The molecule has 1 aliphatic rings. The third kappa shape index (κ3) is 3.79. The summed E-state index contributed by atoms with van der Waals surface area (Å²) < 4.78 is 0. The number of hydrogen-bond acceptors (Lipinski definition) is 4. The van der Waals surface area contributed by atoms with E-state index in [9.17, 15) is 14.7 Å². The van der Waals surface area contributed by atoms with Crippen molar-refractivity contribution in [3.05, 3.63) is 46.9 Å². The van der Waals surface area contributed by atoms with E-state index in [-0.39, 0.29) is 5.91 Å². The van der Waals surface area contributed by atoms with Crippen LogP contribution in [-0.2, 0) is 9.59 Å². The van der Waals surface area contributed by atoms with Crippen LogP contribution in [0.25, 0.3) is 11.3 Å². The Bertz CT molecular complexity index is 841. The average molecular weight is 356 g/mol. The van der Waals surface area contributed by atoms with Gasteiger partial charge in [-0.3, -0.25) is 9.59 Å². The van der Waals surface area contributed by atoms with Gasteiger partial charge < -0.3 is 10.4 Å². The number of benzene rings is 1. The number of aryl methyl sites for hydroxylation is 2.